The van der Waals surface area contributed by atoms with Crippen molar-refractivity contribution in [2.75, 3.05) is 13.6 Å². The van der Waals surface area contributed by atoms with Gasteiger partial charge in [-0.1, -0.05) is 19.0 Å². The lowest BCUT2D eigenvalue weighted by Crippen LogP contribution is -2.41. The van der Waals surface area contributed by atoms with E-state index in [1.54, 1.807) is 7.05 Å². The first kappa shape index (κ1) is 14.5. The van der Waals surface area contributed by atoms with Crippen LogP contribution in [-0.4, -0.2) is 35.7 Å². The monoisotopic (exact) mass is 253 g/mol. The molecule has 18 heavy (non-hydrogen) atoms. The topological polar surface area (TPSA) is 75.3 Å². The lowest BCUT2D eigenvalue weighted by molar-refractivity contribution is 0.371. The van der Waals surface area contributed by atoms with E-state index >= 15 is 0 Å². The Morgan fingerprint density at radius 1 is 1.33 bits per heavy atom. The standard InChI is InChI=1S/C12H23N5O/c1-8(2)11-16-10(18-17-11)6-7-14-12(13-5)15-9(3)4/h8-9H,6-7H2,1-5H3,(H2,13,14,15). The van der Waals surface area contributed by atoms with Crippen molar-refractivity contribution in [1.82, 2.24) is 20.8 Å². The summed E-state index contributed by atoms with van der Waals surface area (Å²) in [5, 5.41) is 10.3. The second kappa shape index (κ2) is 6.98. The van der Waals surface area contributed by atoms with Crippen molar-refractivity contribution in [2.24, 2.45) is 4.99 Å². The Hall–Kier alpha value is -1.59. The molecule has 0 amide bonds. The van der Waals surface area contributed by atoms with Crippen LogP contribution in [-0.2, 0) is 6.42 Å². The summed E-state index contributed by atoms with van der Waals surface area (Å²) < 4.78 is 5.16. The Morgan fingerprint density at radius 3 is 2.56 bits per heavy atom. The third-order valence-electron chi connectivity index (χ3n) is 2.28. The van der Waals surface area contributed by atoms with Crippen LogP contribution in [0.25, 0.3) is 0 Å². The molecule has 0 fully saturated rings. The van der Waals surface area contributed by atoms with Crippen molar-refractivity contribution >= 4 is 5.96 Å². The van der Waals surface area contributed by atoms with E-state index in [9.17, 15) is 0 Å². The summed E-state index contributed by atoms with van der Waals surface area (Å²) >= 11 is 0. The first-order valence-corrected chi connectivity index (χ1v) is 6.32. The fraction of sp³-hybridized carbons (Fsp3) is 0.750. The van der Waals surface area contributed by atoms with Crippen LogP contribution in [0.1, 0.15) is 45.3 Å². The molecule has 0 aliphatic rings. The number of aromatic nitrogens is 2. The Balaban J connectivity index is 2.36. The van der Waals surface area contributed by atoms with E-state index < -0.39 is 0 Å². The molecule has 102 valence electrons. The minimum atomic E-state index is 0.297. The van der Waals surface area contributed by atoms with Crippen LogP contribution in [0, 0.1) is 0 Å². The van der Waals surface area contributed by atoms with Gasteiger partial charge in [-0.2, -0.15) is 4.98 Å². The Bertz CT molecular complexity index is 384. The quantitative estimate of drug-likeness (QED) is 0.611. The van der Waals surface area contributed by atoms with E-state index in [0.29, 0.717) is 30.8 Å². The highest BCUT2D eigenvalue weighted by atomic mass is 16.5. The lowest BCUT2D eigenvalue weighted by atomic mass is 10.2. The van der Waals surface area contributed by atoms with Gasteiger partial charge in [0.2, 0.25) is 5.89 Å². The predicted octanol–water partition coefficient (Wildman–Crippen LogP) is 1.31. The summed E-state index contributed by atoms with van der Waals surface area (Å²) in [6, 6.07) is 0.354. The number of aliphatic imine (C=N–C) groups is 1. The summed E-state index contributed by atoms with van der Waals surface area (Å²) in [6.45, 7) is 8.94. The normalized spacial score (nSPS) is 12.3. The third kappa shape index (κ3) is 4.73. The number of guanidine groups is 1. The number of hydrogen-bond acceptors (Lipinski definition) is 4. The molecule has 6 heteroatoms. The maximum Gasteiger partial charge on any atom is 0.228 e. The number of nitrogens with zero attached hydrogens (tertiary/aromatic N) is 3. The minimum absolute atomic E-state index is 0.297. The van der Waals surface area contributed by atoms with Crippen molar-refractivity contribution in [3.05, 3.63) is 11.7 Å². The van der Waals surface area contributed by atoms with Crippen LogP contribution in [0.5, 0.6) is 0 Å². The van der Waals surface area contributed by atoms with E-state index in [1.165, 1.54) is 0 Å². The zero-order chi connectivity index (χ0) is 13.5. The van der Waals surface area contributed by atoms with E-state index in [2.05, 4.69) is 39.6 Å². The van der Waals surface area contributed by atoms with Gasteiger partial charge in [0.1, 0.15) is 0 Å². The van der Waals surface area contributed by atoms with Gasteiger partial charge in [0, 0.05) is 32.0 Å². The van der Waals surface area contributed by atoms with E-state index in [0.717, 1.165) is 11.8 Å². The second-order valence-corrected chi connectivity index (χ2v) is 4.75. The summed E-state index contributed by atoms with van der Waals surface area (Å²) in [7, 11) is 1.75. The van der Waals surface area contributed by atoms with Gasteiger partial charge in [0.05, 0.1) is 0 Å². The molecule has 1 rings (SSSR count). The summed E-state index contributed by atoms with van der Waals surface area (Å²) in [6.07, 6.45) is 0.693. The van der Waals surface area contributed by atoms with E-state index in [-0.39, 0.29) is 0 Å². The van der Waals surface area contributed by atoms with Gasteiger partial charge in [-0.25, -0.2) is 0 Å². The number of hydrogen-bond donors (Lipinski definition) is 2. The Kier molecular flexibility index (Phi) is 5.61. The Morgan fingerprint density at radius 2 is 2.06 bits per heavy atom. The zero-order valence-corrected chi connectivity index (χ0v) is 11.8. The molecule has 1 aromatic heterocycles. The molecular weight excluding hydrogens is 230 g/mol. The fourth-order valence-corrected chi connectivity index (χ4v) is 1.36. The third-order valence-corrected chi connectivity index (χ3v) is 2.28. The van der Waals surface area contributed by atoms with Crippen LogP contribution >= 0.6 is 0 Å². The Labute approximate surface area is 108 Å². The summed E-state index contributed by atoms with van der Waals surface area (Å²) in [5.74, 6) is 2.50. The molecule has 0 saturated heterocycles. The van der Waals surface area contributed by atoms with E-state index in [1.807, 2.05) is 13.8 Å². The summed E-state index contributed by atoms with van der Waals surface area (Å²) in [5.41, 5.74) is 0. The van der Waals surface area contributed by atoms with Gasteiger partial charge in [0.25, 0.3) is 0 Å². The van der Waals surface area contributed by atoms with Crippen molar-refractivity contribution in [2.45, 2.75) is 46.1 Å². The zero-order valence-electron chi connectivity index (χ0n) is 11.8. The van der Waals surface area contributed by atoms with Crippen LogP contribution < -0.4 is 10.6 Å². The minimum Gasteiger partial charge on any atom is -0.356 e. The smallest absolute Gasteiger partial charge is 0.228 e. The molecule has 0 aliphatic heterocycles. The van der Waals surface area contributed by atoms with Crippen LogP contribution in [0.4, 0.5) is 0 Å². The molecule has 0 aliphatic carbocycles. The number of rotatable bonds is 5. The van der Waals surface area contributed by atoms with Crippen molar-refractivity contribution in [3.63, 3.8) is 0 Å². The average Bonchev–Trinajstić information content (AvgIpc) is 2.76. The maximum atomic E-state index is 5.16. The maximum absolute atomic E-state index is 5.16. The van der Waals surface area contributed by atoms with Crippen molar-refractivity contribution in [1.29, 1.82) is 0 Å². The first-order valence-electron chi connectivity index (χ1n) is 6.32. The molecule has 6 nitrogen and oxygen atoms in total. The van der Waals surface area contributed by atoms with Crippen LogP contribution in [0.2, 0.25) is 0 Å². The van der Waals surface area contributed by atoms with Crippen LogP contribution in [0.3, 0.4) is 0 Å². The van der Waals surface area contributed by atoms with Crippen LogP contribution in [0.15, 0.2) is 9.52 Å². The molecule has 1 heterocycles. The molecule has 0 saturated carbocycles. The van der Waals surface area contributed by atoms with Gasteiger partial charge in [-0.15, -0.1) is 0 Å². The fourth-order valence-electron chi connectivity index (χ4n) is 1.36. The lowest BCUT2D eigenvalue weighted by Gasteiger charge is -2.13. The predicted molar refractivity (Wildman–Crippen MR) is 71.7 cm³/mol. The molecule has 0 spiro atoms. The van der Waals surface area contributed by atoms with Gasteiger partial charge < -0.3 is 15.2 Å². The largest absolute Gasteiger partial charge is 0.356 e. The van der Waals surface area contributed by atoms with Gasteiger partial charge >= 0.3 is 0 Å². The van der Waals surface area contributed by atoms with Gasteiger partial charge in [-0.3, -0.25) is 4.99 Å². The molecule has 1 aromatic rings. The average molecular weight is 253 g/mol. The molecule has 0 aromatic carbocycles. The SMILES string of the molecule is CN=C(NCCc1nc(C(C)C)no1)NC(C)C. The molecule has 0 bridgehead atoms. The molecule has 2 N–H and O–H groups in total. The highest BCUT2D eigenvalue weighted by molar-refractivity contribution is 5.79. The van der Waals surface area contributed by atoms with E-state index in [4.69, 9.17) is 4.52 Å². The number of nitrogens with one attached hydrogen (secondary N) is 2. The molecule has 0 unspecified atom stereocenters. The first-order chi connectivity index (χ1) is 8.52. The molecule has 0 atom stereocenters. The molecular formula is C12H23N5O. The summed E-state index contributed by atoms with van der Waals surface area (Å²) in [4.78, 5) is 8.44. The highest BCUT2D eigenvalue weighted by Gasteiger charge is 2.09. The van der Waals surface area contributed by atoms with Gasteiger partial charge in [0.15, 0.2) is 11.8 Å². The van der Waals surface area contributed by atoms with Crippen molar-refractivity contribution < 1.29 is 4.52 Å². The molecule has 0 radical (unpaired) electrons. The highest BCUT2D eigenvalue weighted by Crippen LogP contribution is 2.09. The van der Waals surface area contributed by atoms with Crippen molar-refractivity contribution in [3.8, 4) is 0 Å². The van der Waals surface area contributed by atoms with Gasteiger partial charge in [-0.05, 0) is 13.8 Å². The second-order valence-electron chi connectivity index (χ2n) is 4.75.